The number of amides is 1. The molecule has 5 rings (SSSR count). The maximum absolute atomic E-state index is 13.2. The number of ether oxygens (including phenoxy) is 2. The van der Waals surface area contributed by atoms with Gasteiger partial charge in [-0.3, -0.25) is 4.79 Å². The number of hydrogen-bond acceptors (Lipinski definition) is 6. The number of fused-ring (bicyclic) bond motifs is 1. The van der Waals surface area contributed by atoms with Gasteiger partial charge >= 0.3 is 12.5 Å². The van der Waals surface area contributed by atoms with Gasteiger partial charge in [0.15, 0.2) is 5.75 Å². The van der Waals surface area contributed by atoms with Gasteiger partial charge in [-0.2, -0.15) is 13.2 Å². The Morgan fingerprint density at radius 2 is 1.54 bits per heavy atom. The minimum Gasteiger partial charge on any atom is -0.437 e. The zero-order valence-electron chi connectivity index (χ0n) is 20.6. The van der Waals surface area contributed by atoms with Crippen molar-refractivity contribution in [2.45, 2.75) is 19.0 Å². The molecule has 3 aromatic carbocycles. The Labute approximate surface area is 232 Å². The second-order valence-corrected chi connectivity index (χ2v) is 9.79. The number of rotatable bonds is 7. The highest BCUT2D eigenvalue weighted by atomic mass is 32.1. The summed E-state index contributed by atoms with van der Waals surface area (Å²) in [6, 6.07) is 16.1. The van der Waals surface area contributed by atoms with E-state index in [-0.39, 0.29) is 12.3 Å². The van der Waals surface area contributed by atoms with Crippen molar-refractivity contribution in [1.29, 1.82) is 0 Å². The van der Waals surface area contributed by atoms with E-state index in [1.165, 1.54) is 47.9 Å². The quantitative estimate of drug-likeness (QED) is 0.196. The molecule has 5 aromatic rings. The lowest BCUT2D eigenvalue weighted by molar-refractivity contribution is -0.274. The van der Waals surface area contributed by atoms with Crippen molar-refractivity contribution in [2.75, 3.05) is 0 Å². The lowest BCUT2D eigenvalue weighted by Gasteiger charge is -2.14. The highest BCUT2D eigenvalue weighted by molar-refractivity contribution is 7.18. The number of carbonyl (C=O) groups excluding carboxylic acids is 1. The van der Waals surface area contributed by atoms with Crippen molar-refractivity contribution in [2.24, 2.45) is 5.73 Å². The van der Waals surface area contributed by atoms with E-state index < -0.39 is 29.8 Å². The van der Waals surface area contributed by atoms with Crippen molar-refractivity contribution >= 4 is 27.5 Å². The molecule has 0 radical (unpaired) electrons. The SMILES string of the molecule is NC(=O)Cc1nc2c(Oc3cc(-c4ccc(C(F)(F)F)cc4)c(-c4ccc(OC(F)(F)F)cc4)cn3)cccc2s1. The van der Waals surface area contributed by atoms with Crippen LogP contribution in [0.4, 0.5) is 26.3 Å². The van der Waals surface area contributed by atoms with Gasteiger partial charge in [-0.05, 0) is 53.1 Å². The summed E-state index contributed by atoms with van der Waals surface area (Å²) >= 11 is 1.27. The number of hydrogen-bond donors (Lipinski definition) is 1. The number of nitrogens with zero attached hydrogens (tertiary/aromatic N) is 2. The van der Waals surface area contributed by atoms with Crippen LogP contribution in [0.5, 0.6) is 17.4 Å². The topological polar surface area (TPSA) is 87.3 Å². The van der Waals surface area contributed by atoms with Gasteiger partial charge < -0.3 is 15.2 Å². The Morgan fingerprint density at radius 3 is 2.17 bits per heavy atom. The first-order chi connectivity index (χ1) is 19.4. The molecule has 0 aliphatic rings. The molecular formula is C28H17F6N3O3S. The van der Waals surface area contributed by atoms with Gasteiger partial charge in [0.25, 0.3) is 0 Å². The molecular weight excluding hydrogens is 572 g/mol. The summed E-state index contributed by atoms with van der Waals surface area (Å²) in [5.41, 5.74) is 6.55. The maximum Gasteiger partial charge on any atom is 0.573 e. The zero-order chi connectivity index (χ0) is 29.4. The second kappa shape index (κ2) is 10.7. The van der Waals surface area contributed by atoms with Gasteiger partial charge in [-0.15, -0.1) is 24.5 Å². The second-order valence-electron chi connectivity index (χ2n) is 8.67. The summed E-state index contributed by atoms with van der Waals surface area (Å²) < 4.78 is 88.0. The molecule has 41 heavy (non-hydrogen) atoms. The van der Waals surface area contributed by atoms with Crippen molar-refractivity contribution in [3.8, 4) is 39.6 Å². The number of thiazole rings is 1. The third-order valence-corrected chi connectivity index (χ3v) is 6.79. The highest BCUT2D eigenvalue weighted by Crippen LogP contribution is 2.39. The van der Waals surface area contributed by atoms with E-state index in [2.05, 4.69) is 14.7 Å². The van der Waals surface area contributed by atoms with Crippen LogP contribution in [-0.2, 0) is 17.4 Å². The predicted molar refractivity (Wildman–Crippen MR) is 139 cm³/mol. The number of nitrogens with two attached hydrogens (primary N) is 1. The average Bonchev–Trinajstić information content (AvgIpc) is 3.31. The van der Waals surface area contributed by atoms with Crippen LogP contribution in [-0.4, -0.2) is 22.2 Å². The summed E-state index contributed by atoms with van der Waals surface area (Å²) in [7, 11) is 0. The van der Waals surface area contributed by atoms with Crippen LogP contribution in [0, 0.1) is 0 Å². The molecule has 2 N–H and O–H groups in total. The Hall–Kier alpha value is -4.65. The van der Waals surface area contributed by atoms with Crippen LogP contribution in [0.2, 0.25) is 0 Å². The lowest BCUT2D eigenvalue weighted by Crippen LogP contribution is -2.16. The van der Waals surface area contributed by atoms with Crippen LogP contribution in [0.15, 0.2) is 79.0 Å². The molecule has 210 valence electrons. The third-order valence-electron chi connectivity index (χ3n) is 5.77. The number of aromatic nitrogens is 2. The van der Waals surface area contributed by atoms with Crippen molar-refractivity contribution in [3.63, 3.8) is 0 Å². The minimum absolute atomic E-state index is 0.0450. The van der Waals surface area contributed by atoms with E-state index in [1.54, 1.807) is 18.2 Å². The number of pyridine rings is 1. The predicted octanol–water partition coefficient (Wildman–Crippen LogP) is 7.76. The first-order valence-corrected chi connectivity index (χ1v) is 12.6. The number of primary amides is 1. The van der Waals surface area contributed by atoms with Crippen molar-refractivity contribution in [3.05, 3.63) is 89.6 Å². The molecule has 0 aliphatic carbocycles. The molecule has 0 bridgehead atoms. The van der Waals surface area contributed by atoms with Gasteiger partial charge in [-0.1, -0.05) is 30.3 Å². The summed E-state index contributed by atoms with van der Waals surface area (Å²) in [5.74, 6) is -0.570. The summed E-state index contributed by atoms with van der Waals surface area (Å²) in [4.78, 5) is 20.1. The lowest BCUT2D eigenvalue weighted by atomic mass is 9.95. The maximum atomic E-state index is 13.2. The number of alkyl halides is 6. The molecule has 0 saturated heterocycles. The van der Waals surface area contributed by atoms with Crippen molar-refractivity contribution < 1.29 is 40.6 Å². The number of halogens is 6. The third kappa shape index (κ3) is 6.57. The monoisotopic (exact) mass is 589 g/mol. The zero-order valence-corrected chi connectivity index (χ0v) is 21.4. The fraction of sp³-hybridized carbons (Fsp3) is 0.107. The van der Waals surface area contributed by atoms with E-state index in [9.17, 15) is 31.1 Å². The van der Waals surface area contributed by atoms with Crippen LogP contribution < -0.4 is 15.2 Å². The molecule has 0 fully saturated rings. The normalized spacial score (nSPS) is 12.0. The van der Waals surface area contributed by atoms with Gasteiger partial charge in [0.05, 0.1) is 16.7 Å². The highest BCUT2D eigenvalue weighted by Gasteiger charge is 2.31. The molecule has 2 aromatic heterocycles. The molecule has 6 nitrogen and oxygen atoms in total. The molecule has 2 heterocycles. The van der Waals surface area contributed by atoms with E-state index in [4.69, 9.17) is 10.5 Å². The minimum atomic E-state index is -4.87. The van der Waals surface area contributed by atoms with E-state index in [0.717, 1.165) is 29.0 Å². The van der Waals surface area contributed by atoms with Crippen LogP contribution in [0.3, 0.4) is 0 Å². The Bertz CT molecular complexity index is 1720. The van der Waals surface area contributed by atoms with Crippen LogP contribution >= 0.6 is 11.3 Å². The fourth-order valence-electron chi connectivity index (χ4n) is 4.02. The Kier molecular flexibility index (Phi) is 7.30. The van der Waals surface area contributed by atoms with Gasteiger partial charge in [0, 0.05) is 17.8 Å². The molecule has 0 saturated carbocycles. The smallest absolute Gasteiger partial charge is 0.437 e. The molecule has 1 amide bonds. The molecule has 13 heteroatoms. The molecule has 0 atom stereocenters. The summed E-state index contributed by atoms with van der Waals surface area (Å²) in [5, 5.41) is 0.496. The molecule has 0 unspecified atom stereocenters. The number of benzene rings is 3. The first kappa shape index (κ1) is 27.9. The fourth-order valence-corrected chi connectivity index (χ4v) is 5.02. The summed E-state index contributed by atoms with van der Waals surface area (Å²) in [6.45, 7) is 0. The van der Waals surface area contributed by atoms with E-state index in [1.807, 2.05) is 0 Å². The van der Waals surface area contributed by atoms with Crippen molar-refractivity contribution in [1.82, 2.24) is 9.97 Å². The number of para-hydroxylation sites is 1. The molecule has 0 aliphatic heterocycles. The molecule has 0 spiro atoms. The standard InChI is InChI=1S/C28H17F6N3O3S/c29-27(30,31)17-8-4-15(5-9-17)19-12-24(36-14-20(19)16-6-10-18(11-7-16)40-28(32,33)34)39-21-2-1-3-22-26(21)37-25(41-22)13-23(35)38/h1-12,14H,13H2,(H2,35,38). The van der Waals surface area contributed by atoms with Gasteiger partial charge in [0.2, 0.25) is 11.8 Å². The van der Waals surface area contributed by atoms with Crippen LogP contribution in [0.25, 0.3) is 32.5 Å². The van der Waals surface area contributed by atoms with E-state index in [0.29, 0.717) is 38.5 Å². The Morgan fingerprint density at radius 1 is 0.878 bits per heavy atom. The number of carbonyl (C=O) groups is 1. The van der Waals surface area contributed by atoms with Crippen LogP contribution in [0.1, 0.15) is 10.6 Å². The van der Waals surface area contributed by atoms with Gasteiger partial charge in [-0.25, -0.2) is 9.97 Å². The van der Waals surface area contributed by atoms with E-state index >= 15 is 0 Å². The summed E-state index contributed by atoms with van der Waals surface area (Å²) in [6.07, 6.45) is -8.05. The largest absolute Gasteiger partial charge is 0.573 e. The first-order valence-electron chi connectivity index (χ1n) is 11.7. The average molecular weight is 590 g/mol. The van der Waals surface area contributed by atoms with Gasteiger partial charge in [0.1, 0.15) is 16.3 Å². The Balaban J connectivity index is 1.55.